The molecule has 0 unspecified atom stereocenters. The highest BCUT2D eigenvalue weighted by Crippen LogP contribution is 2.44. The number of aromatic hydroxyl groups is 2. The number of aldehydes is 2. The first-order valence-electron chi connectivity index (χ1n) is 24.6. The van der Waals surface area contributed by atoms with Crippen molar-refractivity contribution in [3.63, 3.8) is 0 Å². The van der Waals surface area contributed by atoms with E-state index in [1.54, 1.807) is 48.5 Å². The average Bonchev–Trinajstić information content (AvgIpc) is 3.28. The summed E-state index contributed by atoms with van der Waals surface area (Å²) in [5, 5.41) is 25.3. The molecular formula is C62H72O8. The third kappa shape index (κ3) is 12.2. The first kappa shape index (κ1) is 51.3. The lowest BCUT2D eigenvalue weighted by Gasteiger charge is -2.28. The van der Waals surface area contributed by atoms with E-state index in [4.69, 9.17) is 18.9 Å². The second-order valence-electron chi connectivity index (χ2n) is 23.0. The highest BCUT2D eigenvalue weighted by atomic mass is 16.5. The van der Waals surface area contributed by atoms with Crippen molar-refractivity contribution in [2.45, 2.75) is 130 Å². The number of hydrogen-bond donors (Lipinski definition) is 2. The maximum absolute atomic E-state index is 12.7. The number of rotatable bonds is 12. The van der Waals surface area contributed by atoms with Gasteiger partial charge in [0.1, 0.15) is 73.5 Å². The predicted molar refractivity (Wildman–Crippen MR) is 281 cm³/mol. The van der Waals surface area contributed by atoms with Gasteiger partial charge in [0.2, 0.25) is 0 Å². The van der Waals surface area contributed by atoms with E-state index in [2.05, 4.69) is 132 Å². The fraction of sp³-hybridized carbons (Fsp3) is 0.387. The number of phenols is 2. The van der Waals surface area contributed by atoms with E-state index in [-0.39, 0.29) is 59.6 Å². The molecule has 1 aliphatic rings. The van der Waals surface area contributed by atoms with E-state index in [1.807, 2.05) is 0 Å². The fourth-order valence-electron chi connectivity index (χ4n) is 8.91. The topological polar surface area (TPSA) is 112 Å². The standard InChI is InChI=1S/C62H72O8/c1-59(2,3)49-29-41-25-45-33-51(61(7,8)9)35-47(57(45)69-23-21-67-53-17-13-39(37-63)14-18-53)27-43-31-50(60(4,5)6)32-44(56(43)66)28-48-36-52(62(10,11)12)34-46(26-42(30-49)55(41)65)58(48)70-24-22-68-54-19-15-40(38-64)16-20-54/h13-20,29-38,65-66H,21-28H2,1-12H3. The smallest absolute Gasteiger partial charge is 0.150 e. The summed E-state index contributed by atoms with van der Waals surface area (Å²) >= 11 is 0. The fourth-order valence-corrected chi connectivity index (χ4v) is 8.91. The van der Waals surface area contributed by atoms with Gasteiger partial charge in [-0.2, -0.15) is 0 Å². The normalized spacial score (nSPS) is 13.1. The number of carbonyl (C=O) groups is 2. The summed E-state index contributed by atoms with van der Waals surface area (Å²) in [6.45, 7) is 27.4. The zero-order chi connectivity index (χ0) is 50.8. The Bertz CT molecular complexity index is 2550. The Morgan fingerprint density at radius 1 is 0.371 bits per heavy atom. The van der Waals surface area contributed by atoms with E-state index in [9.17, 15) is 19.8 Å². The average molecular weight is 945 g/mol. The molecule has 0 radical (unpaired) electrons. The van der Waals surface area contributed by atoms with E-state index in [1.165, 1.54) is 0 Å². The van der Waals surface area contributed by atoms with E-state index >= 15 is 0 Å². The molecular weight excluding hydrogens is 873 g/mol. The molecule has 0 fully saturated rings. The van der Waals surface area contributed by atoms with Crippen LogP contribution in [0.2, 0.25) is 0 Å². The van der Waals surface area contributed by atoms with Crippen LogP contribution in [0.25, 0.3) is 0 Å². The molecule has 0 heterocycles. The Morgan fingerprint density at radius 2 is 0.600 bits per heavy atom. The van der Waals surface area contributed by atoms with Crippen molar-refractivity contribution in [3.8, 4) is 34.5 Å². The van der Waals surface area contributed by atoms with Crippen molar-refractivity contribution in [1.29, 1.82) is 0 Å². The van der Waals surface area contributed by atoms with Gasteiger partial charge in [-0.3, -0.25) is 9.59 Å². The minimum atomic E-state index is -0.249. The van der Waals surface area contributed by atoms with Gasteiger partial charge in [0.25, 0.3) is 0 Å². The zero-order valence-electron chi connectivity index (χ0n) is 43.4. The van der Waals surface area contributed by atoms with E-state index in [0.29, 0.717) is 59.8 Å². The first-order chi connectivity index (χ1) is 32.9. The minimum absolute atomic E-state index is 0.226. The summed E-state index contributed by atoms with van der Waals surface area (Å²) in [5.74, 6) is 3.11. The van der Waals surface area contributed by atoms with Gasteiger partial charge in [-0.05, 0) is 137 Å². The van der Waals surface area contributed by atoms with Crippen molar-refractivity contribution < 1.29 is 38.7 Å². The molecule has 1 aliphatic carbocycles. The molecule has 0 spiro atoms. The van der Waals surface area contributed by atoms with Crippen LogP contribution in [0.4, 0.5) is 0 Å². The Labute approximate surface area is 416 Å². The summed E-state index contributed by atoms with van der Waals surface area (Å²) in [4.78, 5) is 22.6. The third-order valence-electron chi connectivity index (χ3n) is 13.2. The Kier molecular flexibility index (Phi) is 15.0. The molecule has 6 aromatic rings. The highest BCUT2D eigenvalue weighted by Gasteiger charge is 2.29. The molecule has 8 heteroatoms. The number of fused-ring (bicyclic) bond motifs is 8. The predicted octanol–water partition coefficient (Wildman–Crippen LogP) is 13.5. The lowest BCUT2D eigenvalue weighted by atomic mass is 9.79. The lowest BCUT2D eigenvalue weighted by Crippen LogP contribution is -2.18. The Balaban J connectivity index is 1.43. The second kappa shape index (κ2) is 20.4. The maximum atomic E-state index is 12.7. The summed E-state index contributed by atoms with van der Waals surface area (Å²) in [5.41, 5.74) is 11.4. The maximum Gasteiger partial charge on any atom is 0.150 e. The number of carbonyl (C=O) groups excluding carboxylic acids is 2. The molecule has 70 heavy (non-hydrogen) atoms. The number of benzene rings is 6. The highest BCUT2D eigenvalue weighted by molar-refractivity contribution is 5.75. The van der Waals surface area contributed by atoms with Gasteiger partial charge >= 0.3 is 0 Å². The Hall–Kier alpha value is -6.54. The van der Waals surface area contributed by atoms with Crippen molar-refractivity contribution in [2.24, 2.45) is 0 Å². The van der Waals surface area contributed by atoms with Crippen LogP contribution in [0.15, 0.2) is 97.1 Å². The summed E-state index contributed by atoms with van der Waals surface area (Å²) in [6.07, 6.45) is 3.14. The number of hydrogen-bond acceptors (Lipinski definition) is 8. The largest absolute Gasteiger partial charge is 0.507 e. The molecule has 0 aliphatic heterocycles. The van der Waals surface area contributed by atoms with Crippen molar-refractivity contribution in [3.05, 3.63) is 175 Å². The van der Waals surface area contributed by atoms with Crippen LogP contribution < -0.4 is 18.9 Å². The van der Waals surface area contributed by atoms with Gasteiger partial charge in [-0.15, -0.1) is 0 Å². The van der Waals surface area contributed by atoms with Crippen LogP contribution in [0, 0.1) is 0 Å². The molecule has 0 saturated heterocycles. The minimum Gasteiger partial charge on any atom is -0.507 e. The van der Waals surface area contributed by atoms with Gasteiger partial charge in [-0.1, -0.05) is 132 Å². The van der Waals surface area contributed by atoms with Crippen LogP contribution in [-0.4, -0.2) is 49.2 Å². The summed E-state index contributed by atoms with van der Waals surface area (Å²) in [6, 6.07) is 31.4. The van der Waals surface area contributed by atoms with Gasteiger partial charge < -0.3 is 29.2 Å². The molecule has 0 atom stereocenters. The molecule has 0 amide bonds. The quantitative estimate of drug-likeness (QED) is 0.0920. The van der Waals surface area contributed by atoms with E-state index in [0.717, 1.165) is 79.3 Å². The number of phenolic OH excluding ortho intramolecular Hbond substituents is 2. The summed E-state index contributed by atoms with van der Waals surface area (Å²) < 4.78 is 26.0. The molecule has 0 aromatic heterocycles. The van der Waals surface area contributed by atoms with Crippen LogP contribution >= 0.6 is 0 Å². The van der Waals surface area contributed by atoms with Gasteiger partial charge in [0.15, 0.2) is 0 Å². The lowest BCUT2D eigenvalue weighted by molar-refractivity contribution is 0.111. The monoisotopic (exact) mass is 945 g/mol. The van der Waals surface area contributed by atoms with Crippen molar-refractivity contribution in [2.75, 3.05) is 26.4 Å². The van der Waals surface area contributed by atoms with Gasteiger partial charge in [0, 0.05) is 36.8 Å². The van der Waals surface area contributed by atoms with Crippen LogP contribution in [0.3, 0.4) is 0 Å². The van der Waals surface area contributed by atoms with Gasteiger partial charge in [-0.25, -0.2) is 0 Å². The molecule has 8 bridgehead atoms. The zero-order valence-corrected chi connectivity index (χ0v) is 43.4. The Morgan fingerprint density at radius 3 is 0.829 bits per heavy atom. The van der Waals surface area contributed by atoms with Crippen LogP contribution in [0.1, 0.15) is 171 Å². The third-order valence-corrected chi connectivity index (χ3v) is 13.2. The molecule has 8 nitrogen and oxygen atoms in total. The number of ether oxygens (including phenoxy) is 4. The van der Waals surface area contributed by atoms with E-state index < -0.39 is 0 Å². The van der Waals surface area contributed by atoms with Gasteiger partial charge in [0.05, 0.1) is 0 Å². The van der Waals surface area contributed by atoms with Crippen molar-refractivity contribution >= 4 is 12.6 Å². The molecule has 6 aromatic carbocycles. The molecule has 7 rings (SSSR count). The molecule has 2 N–H and O–H groups in total. The van der Waals surface area contributed by atoms with Crippen LogP contribution in [0.5, 0.6) is 34.5 Å². The molecule has 368 valence electrons. The first-order valence-corrected chi connectivity index (χ1v) is 24.6. The van der Waals surface area contributed by atoms with Crippen molar-refractivity contribution in [1.82, 2.24) is 0 Å². The second-order valence-corrected chi connectivity index (χ2v) is 23.0. The SMILES string of the molecule is CC(C)(C)c1cc2c(O)c(c1)Cc1cc(C(C)(C)C)cc(c1OCCOc1ccc(C=O)cc1)Cc1cc(C(C)(C)C)cc(c1O)Cc1cc(C(C)(C)C)cc(c1OCCOc1ccc(C=O)cc1)C2. The molecule has 0 saturated carbocycles. The van der Waals surface area contributed by atoms with Crippen LogP contribution in [-0.2, 0) is 47.3 Å². The summed E-state index contributed by atoms with van der Waals surface area (Å²) in [7, 11) is 0.